The predicted octanol–water partition coefficient (Wildman–Crippen LogP) is 3.23. The third-order valence-corrected chi connectivity index (χ3v) is 5.14. The van der Waals surface area contributed by atoms with Crippen LogP contribution in [0, 0.1) is 5.92 Å². The number of rotatable bonds is 6. The Hall–Kier alpha value is -0.900. The molecule has 1 aromatic rings. The second-order valence-electron chi connectivity index (χ2n) is 6.77. The summed E-state index contributed by atoms with van der Waals surface area (Å²) in [5.74, 6) is 0.621. The van der Waals surface area contributed by atoms with Crippen molar-refractivity contribution < 1.29 is 4.74 Å². The van der Waals surface area contributed by atoms with Crippen molar-refractivity contribution in [1.29, 1.82) is 0 Å². The molecule has 1 aromatic carbocycles. The van der Waals surface area contributed by atoms with Crippen LogP contribution in [0.1, 0.15) is 44.3 Å². The van der Waals surface area contributed by atoms with E-state index in [1.807, 2.05) is 0 Å². The number of likely N-dealkylation sites (tertiary alicyclic amines) is 1. The Bertz CT molecular complexity index is 428. The first-order valence-electron chi connectivity index (χ1n) is 8.99. The highest BCUT2D eigenvalue weighted by atomic mass is 16.5. The van der Waals surface area contributed by atoms with Crippen molar-refractivity contribution >= 4 is 0 Å². The molecule has 2 aliphatic heterocycles. The number of piperidine rings is 1. The van der Waals surface area contributed by atoms with E-state index >= 15 is 0 Å². The van der Waals surface area contributed by atoms with Gasteiger partial charge in [0.2, 0.25) is 0 Å². The number of benzene rings is 1. The monoisotopic (exact) mass is 302 g/mol. The Morgan fingerprint density at radius 2 is 1.91 bits per heavy atom. The Kier molecular flexibility index (Phi) is 5.88. The number of hydrogen-bond acceptors (Lipinski definition) is 3. The summed E-state index contributed by atoms with van der Waals surface area (Å²) in [7, 11) is 0. The van der Waals surface area contributed by atoms with Gasteiger partial charge in [0.25, 0.3) is 0 Å². The van der Waals surface area contributed by atoms with Crippen molar-refractivity contribution in [1.82, 2.24) is 10.2 Å². The zero-order chi connectivity index (χ0) is 15.2. The highest BCUT2D eigenvalue weighted by Gasteiger charge is 2.30. The van der Waals surface area contributed by atoms with E-state index in [0.29, 0.717) is 12.0 Å². The summed E-state index contributed by atoms with van der Waals surface area (Å²) in [6.45, 7) is 8.05. The topological polar surface area (TPSA) is 24.5 Å². The van der Waals surface area contributed by atoms with Crippen molar-refractivity contribution in [2.75, 3.05) is 32.8 Å². The van der Waals surface area contributed by atoms with E-state index in [0.717, 1.165) is 13.2 Å². The van der Waals surface area contributed by atoms with Gasteiger partial charge in [0.1, 0.15) is 0 Å². The van der Waals surface area contributed by atoms with E-state index in [2.05, 4.69) is 47.5 Å². The van der Waals surface area contributed by atoms with Gasteiger partial charge in [-0.25, -0.2) is 0 Å². The largest absolute Gasteiger partial charge is 0.373 e. The van der Waals surface area contributed by atoms with Crippen LogP contribution in [0.25, 0.3) is 0 Å². The lowest BCUT2D eigenvalue weighted by Crippen LogP contribution is -2.44. The van der Waals surface area contributed by atoms with Crippen molar-refractivity contribution in [2.24, 2.45) is 5.92 Å². The molecule has 122 valence electrons. The molecule has 0 spiro atoms. The molecule has 3 rings (SSSR count). The Morgan fingerprint density at radius 3 is 2.64 bits per heavy atom. The summed E-state index contributed by atoms with van der Waals surface area (Å²) in [5.41, 5.74) is 1.34. The van der Waals surface area contributed by atoms with E-state index in [-0.39, 0.29) is 6.10 Å². The van der Waals surface area contributed by atoms with Gasteiger partial charge >= 0.3 is 0 Å². The predicted molar refractivity (Wildman–Crippen MR) is 91.0 cm³/mol. The van der Waals surface area contributed by atoms with Crippen LogP contribution in [0.15, 0.2) is 30.3 Å². The molecule has 0 aromatic heterocycles. The summed E-state index contributed by atoms with van der Waals surface area (Å²) < 4.78 is 5.99. The minimum Gasteiger partial charge on any atom is -0.373 e. The first-order chi connectivity index (χ1) is 10.9. The van der Waals surface area contributed by atoms with Gasteiger partial charge in [0.05, 0.1) is 6.10 Å². The Balaban J connectivity index is 1.45. The summed E-state index contributed by atoms with van der Waals surface area (Å²) in [4.78, 5) is 2.60. The molecule has 2 fully saturated rings. The Labute approximate surface area is 135 Å². The number of ether oxygens (including phenoxy) is 1. The smallest absolute Gasteiger partial charge is 0.0866 e. The first kappa shape index (κ1) is 16.0. The highest BCUT2D eigenvalue weighted by Crippen LogP contribution is 2.34. The first-order valence-corrected chi connectivity index (χ1v) is 8.99. The molecular weight excluding hydrogens is 272 g/mol. The lowest BCUT2D eigenvalue weighted by Gasteiger charge is -2.33. The molecule has 2 heterocycles. The fraction of sp³-hybridized carbons (Fsp3) is 0.684. The molecule has 0 bridgehead atoms. The summed E-state index contributed by atoms with van der Waals surface area (Å²) in [6, 6.07) is 11.4. The maximum atomic E-state index is 5.99. The average Bonchev–Trinajstić information content (AvgIpc) is 3.04. The molecule has 3 heteroatoms. The van der Waals surface area contributed by atoms with Crippen LogP contribution in [0.4, 0.5) is 0 Å². The molecule has 0 saturated carbocycles. The third-order valence-electron chi connectivity index (χ3n) is 5.14. The average molecular weight is 302 g/mol. The molecule has 0 unspecified atom stereocenters. The van der Waals surface area contributed by atoms with Gasteiger partial charge in [-0.3, -0.25) is 0 Å². The van der Waals surface area contributed by atoms with Crippen LogP contribution in [0.3, 0.4) is 0 Å². The molecule has 1 N–H and O–H groups in total. The normalized spacial score (nSPS) is 27.3. The van der Waals surface area contributed by atoms with Gasteiger partial charge in [0.15, 0.2) is 0 Å². The number of hydrogen-bond donors (Lipinski definition) is 1. The molecule has 0 aliphatic carbocycles. The van der Waals surface area contributed by atoms with Crippen LogP contribution < -0.4 is 5.32 Å². The maximum Gasteiger partial charge on any atom is 0.0866 e. The fourth-order valence-corrected chi connectivity index (χ4v) is 3.85. The van der Waals surface area contributed by atoms with Crippen molar-refractivity contribution in [3.05, 3.63) is 35.9 Å². The molecule has 22 heavy (non-hydrogen) atoms. The second-order valence-corrected chi connectivity index (χ2v) is 6.77. The van der Waals surface area contributed by atoms with Crippen molar-refractivity contribution in [3.8, 4) is 0 Å². The fourth-order valence-electron chi connectivity index (χ4n) is 3.85. The van der Waals surface area contributed by atoms with Gasteiger partial charge in [-0.2, -0.15) is 0 Å². The molecule has 3 nitrogen and oxygen atoms in total. The van der Waals surface area contributed by atoms with Gasteiger partial charge in [-0.05, 0) is 50.9 Å². The van der Waals surface area contributed by atoms with E-state index in [1.165, 1.54) is 50.9 Å². The van der Waals surface area contributed by atoms with Crippen LogP contribution in [0.5, 0.6) is 0 Å². The summed E-state index contributed by atoms with van der Waals surface area (Å²) in [5, 5.41) is 3.82. The highest BCUT2D eigenvalue weighted by molar-refractivity contribution is 5.19. The van der Waals surface area contributed by atoms with Gasteiger partial charge in [-0.15, -0.1) is 0 Å². The van der Waals surface area contributed by atoms with E-state index in [1.54, 1.807) is 0 Å². The number of nitrogens with zero attached hydrogens (tertiary/aromatic N) is 1. The van der Waals surface area contributed by atoms with E-state index in [9.17, 15) is 0 Å². The van der Waals surface area contributed by atoms with Gasteiger partial charge < -0.3 is 15.0 Å². The summed E-state index contributed by atoms with van der Waals surface area (Å²) in [6.07, 6.45) is 5.33. The molecule has 0 amide bonds. The maximum absolute atomic E-state index is 5.99. The minimum absolute atomic E-state index is 0.286. The van der Waals surface area contributed by atoms with Crippen molar-refractivity contribution in [3.63, 3.8) is 0 Å². The molecule has 2 atom stereocenters. The van der Waals surface area contributed by atoms with Crippen LogP contribution in [0.2, 0.25) is 0 Å². The molecule has 2 aliphatic rings. The second kappa shape index (κ2) is 8.09. The quantitative estimate of drug-likeness (QED) is 0.873. The SMILES string of the molecule is CCCN1CCC(NC[C@H]2CCO[C@@H]2c2ccccc2)CC1. The lowest BCUT2D eigenvalue weighted by atomic mass is 9.94. The zero-order valence-electron chi connectivity index (χ0n) is 13.8. The minimum atomic E-state index is 0.286. The summed E-state index contributed by atoms with van der Waals surface area (Å²) >= 11 is 0. The van der Waals surface area contributed by atoms with Crippen LogP contribution in [-0.4, -0.2) is 43.7 Å². The van der Waals surface area contributed by atoms with Gasteiger partial charge in [-0.1, -0.05) is 37.3 Å². The molecule has 0 radical (unpaired) electrons. The lowest BCUT2D eigenvalue weighted by molar-refractivity contribution is 0.0886. The zero-order valence-corrected chi connectivity index (χ0v) is 13.8. The molecular formula is C19H30N2O. The Morgan fingerprint density at radius 1 is 1.14 bits per heavy atom. The van der Waals surface area contributed by atoms with Crippen LogP contribution >= 0.6 is 0 Å². The number of nitrogens with one attached hydrogen (secondary N) is 1. The van der Waals surface area contributed by atoms with Crippen molar-refractivity contribution in [2.45, 2.75) is 44.8 Å². The third kappa shape index (κ3) is 4.09. The van der Waals surface area contributed by atoms with E-state index in [4.69, 9.17) is 4.74 Å². The molecule has 2 saturated heterocycles. The van der Waals surface area contributed by atoms with Crippen LogP contribution in [-0.2, 0) is 4.74 Å². The standard InChI is InChI=1S/C19H30N2O/c1-2-11-21-12-8-18(9-13-21)20-15-17-10-14-22-19(17)16-6-4-3-5-7-16/h3-7,17-20H,2,8-15H2,1H3/t17-,19-/m1/s1. The van der Waals surface area contributed by atoms with E-state index < -0.39 is 0 Å². The van der Waals surface area contributed by atoms with Gasteiger partial charge in [0, 0.05) is 25.1 Å².